The largest absolute Gasteiger partial charge is 0.508 e. The summed E-state index contributed by atoms with van der Waals surface area (Å²) in [6, 6.07) is 10.9. The number of phenolic OH excluding ortho intramolecular Hbond substituents is 2. The minimum absolute atomic E-state index is 0.0955. The molecule has 0 atom stereocenters. The highest BCUT2D eigenvalue weighted by Gasteiger charge is 2.08. The number of benzene rings is 2. The van der Waals surface area contributed by atoms with Crippen LogP contribution in [0.4, 0.5) is 0 Å². The van der Waals surface area contributed by atoms with E-state index in [1.54, 1.807) is 13.2 Å². The fourth-order valence-electron chi connectivity index (χ4n) is 2.18. The first-order valence-electron chi connectivity index (χ1n) is 6.25. The second kappa shape index (κ2) is 5.65. The predicted molar refractivity (Wildman–Crippen MR) is 74.9 cm³/mol. The number of hydrogen-bond donors (Lipinski definition) is 2. The molecule has 0 saturated carbocycles. The van der Waals surface area contributed by atoms with Gasteiger partial charge in [0.05, 0.1) is 7.11 Å². The topological polar surface area (TPSA) is 49.7 Å². The Balaban J connectivity index is 2.19. The molecule has 3 heteroatoms. The van der Waals surface area contributed by atoms with E-state index in [-0.39, 0.29) is 11.5 Å². The van der Waals surface area contributed by atoms with Gasteiger partial charge < -0.3 is 14.9 Å². The smallest absolute Gasteiger partial charge is 0.122 e. The van der Waals surface area contributed by atoms with Crippen molar-refractivity contribution in [2.24, 2.45) is 0 Å². The Bertz CT molecular complexity index is 576. The average Bonchev–Trinajstić information content (AvgIpc) is 2.41. The maximum Gasteiger partial charge on any atom is 0.122 e. The Morgan fingerprint density at radius 2 is 1.68 bits per heavy atom. The van der Waals surface area contributed by atoms with Crippen molar-refractivity contribution in [1.29, 1.82) is 0 Å². The summed E-state index contributed by atoms with van der Waals surface area (Å²) in [7, 11) is 1.66. The van der Waals surface area contributed by atoms with Gasteiger partial charge >= 0.3 is 0 Å². The van der Waals surface area contributed by atoms with E-state index in [0.717, 1.165) is 35.3 Å². The van der Waals surface area contributed by atoms with E-state index in [4.69, 9.17) is 4.74 Å². The standard InChI is InChI=1S/C16H18O3/c1-11-13(9-14(17)10-15(11)18)8-7-12-5-3-4-6-16(12)19-2/h3-6,9-10,17-18H,7-8H2,1-2H3. The Labute approximate surface area is 113 Å². The van der Waals surface area contributed by atoms with Crippen LogP contribution in [0.25, 0.3) is 0 Å². The van der Waals surface area contributed by atoms with Crippen LogP contribution >= 0.6 is 0 Å². The summed E-state index contributed by atoms with van der Waals surface area (Å²) in [5.41, 5.74) is 2.88. The van der Waals surface area contributed by atoms with Gasteiger partial charge in [-0.2, -0.15) is 0 Å². The van der Waals surface area contributed by atoms with Gasteiger partial charge in [0.1, 0.15) is 17.2 Å². The number of aryl methyl sites for hydroxylation is 2. The molecule has 3 nitrogen and oxygen atoms in total. The molecule has 0 aliphatic rings. The quantitative estimate of drug-likeness (QED) is 0.885. The SMILES string of the molecule is COc1ccccc1CCc1cc(O)cc(O)c1C. The third-order valence-electron chi connectivity index (χ3n) is 3.33. The summed E-state index contributed by atoms with van der Waals surface area (Å²) in [6.45, 7) is 1.85. The van der Waals surface area contributed by atoms with Crippen LogP contribution in [0.1, 0.15) is 16.7 Å². The van der Waals surface area contributed by atoms with Gasteiger partial charge in [-0.1, -0.05) is 18.2 Å². The Morgan fingerprint density at radius 3 is 2.42 bits per heavy atom. The number of aromatic hydroxyl groups is 2. The molecule has 0 unspecified atom stereocenters. The second-order valence-corrected chi connectivity index (χ2v) is 4.56. The van der Waals surface area contributed by atoms with Gasteiger partial charge in [-0.3, -0.25) is 0 Å². The van der Waals surface area contributed by atoms with E-state index in [1.807, 2.05) is 31.2 Å². The number of phenols is 2. The number of methoxy groups -OCH3 is 1. The Morgan fingerprint density at radius 1 is 1.00 bits per heavy atom. The lowest BCUT2D eigenvalue weighted by atomic mass is 9.99. The van der Waals surface area contributed by atoms with Gasteiger partial charge in [0, 0.05) is 6.07 Å². The van der Waals surface area contributed by atoms with Gasteiger partial charge in [-0.25, -0.2) is 0 Å². The molecule has 100 valence electrons. The fraction of sp³-hybridized carbons (Fsp3) is 0.250. The first-order chi connectivity index (χ1) is 9.11. The third kappa shape index (κ3) is 2.99. The number of hydrogen-bond acceptors (Lipinski definition) is 3. The molecule has 0 amide bonds. The molecule has 0 bridgehead atoms. The monoisotopic (exact) mass is 258 g/mol. The molecule has 0 saturated heterocycles. The third-order valence-corrected chi connectivity index (χ3v) is 3.33. The summed E-state index contributed by atoms with van der Waals surface area (Å²) in [5, 5.41) is 19.2. The van der Waals surface area contributed by atoms with E-state index < -0.39 is 0 Å². The Kier molecular flexibility index (Phi) is 3.95. The molecule has 0 aliphatic heterocycles. The van der Waals surface area contributed by atoms with E-state index >= 15 is 0 Å². The molecule has 19 heavy (non-hydrogen) atoms. The van der Waals surface area contributed by atoms with Crippen LogP contribution in [0.2, 0.25) is 0 Å². The van der Waals surface area contributed by atoms with Gasteiger partial charge in [0.25, 0.3) is 0 Å². The lowest BCUT2D eigenvalue weighted by Gasteiger charge is -2.11. The molecule has 2 N–H and O–H groups in total. The first-order valence-corrected chi connectivity index (χ1v) is 6.25. The lowest BCUT2D eigenvalue weighted by Crippen LogP contribution is -1.97. The van der Waals surface area contributed by atoms with Crippen molar-refractivity contribution in [3.63, 3.8) is 0 Å². The summed E-state index contributed by atoms with van der Waals surface area (Å²) in [6.07, 6.45) is 1.54. The van der Waals surface area contributed by atoms with Gasteiger partial charge in [-0.15, -0.1) is 0 Å². The molecule has 2 aromatic carbocycles. The van der Waals surface area contributed by atoms with Gasteiger partial charge in [0.2, 0.25) is 0 Å². The fourth-order valence-corrected chi connectivity index (χ4v) is 2.18. The van der Waals surface area contributed by atoms with Crippen LogP contribution in [-0.4, -0.2) is 17.3 Å². The molecule has 2 rings (SSSR count). The van der Waals surface area contributed by atoms with Crippen LogP contribution in [0.15, 0.2) is 36.4 Å². The van der Waals surface area contributed by atoms with E-state index in [1.165, 1.54) is 6.07 Å². The Hall–Kier alpha value is -2.16. The van der Waals surface area contributed by atoms with Crippen molar-refractivity contribution in [3.05, 3.63) is 53.1 Å². The van der Waals surface area contributed by atoms with E-state index in [0.29, 0.717) is 0 Å². The lowest BCUT2D eigenvalue weighted by molar-refractivity contribution is 0.409. The normalized spacial score (nSPS) is 10.4. The minimum Gasteiger partial charge on any atom is -0.508 e. The molecule has 0 radical (unpaired) electrons. The van der Waals surface area contributed by atoms with Crippen LogP contribution in [-0.2, 0) is 12.8 Å². The van der Waals surface area contributed by atoms with Gasteiger partial charge in [0.15, 0.2) is 0 Å². The highest BCUT2D eigenvalue weighted by Crippen LogP contribution is 2.28. The highest BCUT2D eigenvalue weighted by molar-refractivity contribution is 5.45. The predicted octanol–water partition coefficient (Wildman–Crippen LogP) is 3.20. The zero-order valence-electron chi connectivity index (χ0n) is 11.2. The molecule has 0 aliphatic carbocycles. The summed E-state index contributed by atoms with van der Waals surface area (Å²) < 4.78 is 5.31. The molecule has 0 fully saturated rings. The molecule has 0 heterocycles. The number of para-hydroxylation sites is 1. The van der Waals surface area contributed by atoms with Gasteiger partial charge in [-0.05, 0) is 48.6 Å². The maximum atomic E-state index is 9.69. The maximum absolute atomic E-state index is 9.69. The van der Waals surface area contributed by atoms with Crippen molar-refractivity contribution in [3.8, 4) is 17.2 Å². The summed E-state index contributed by atoms with van der Waals surface area (Å²) >= 11 is 0. The number of rotatable bonds is 4. The van der Waals surface area contributed by atoms with Crippen molar-refractivity contribution in [1.82, 2.24) is 0 Å². The molecule has 2 aromatic rings. The van der Waals surface area contributed by atoms with E-state index in [2.05, 4.69) is 0 Å². The van der Waals surface area contributed by atoms with Crippen molar-refractivity contribution < 1.29 is 14.9 Å². The zero-order valence-corrected chi connectivity index (χ0v) is 11.2. The van der Waals surface area contributed by atoms with Crippen LogP contribution in [0, 0.1) is 6.92 Å². The first kappa shape index (κ1) is 13.3. The average molecular weight is 258 g/mol. The van der Waals surface area contributed by atoms with Crippen molar-refractivity contribution in [2.75, 3.05) is 7.11 Å². The molecular formula is C16H18O3. The van der Waals surface area contributed by atoms with Crippen LogP contribution in [0.3, 0.4) is 0 Å². The minimum atomic E-state index is 0.0955. The van der Waals surface area contributed by atoms with Crippen LogP contribution < -0.4 is 4.74 Å². The zero-order chi connectivity index (χ0) is 13.8. The second-order valence-electron chi connectivity index (χ2n) is 4.56. The van der Waals surface area contributed by atoms with Crippen LogP contribution in [0.5, 0.6) is 17.2 Å². The molecule has 0 spiro atoms. The summed E-state index contributed by atoms with van der Waals surface area (Å²) in [5.74, 6) is 1.10. The van der Waals surface area contributed by atoms with Crippen molar-refractivity contribution >= 4 is 0 Å². The molecule has 0 aromatic heterocycles. The summed E-state index contributed by atoms with van der Waals surface area (Å²) in [4.78, 5) is 0. The molecular weight excluding hydrogens is 240 g/mol. The van der Waals surface area contributed by atoms with E-state index in [9.17, 15) is 10.2 Å². The number of ether oxygens (including phenoxy) is 1. The van der Waals surface area contributed by atoms with Crippen molar-refractivity contribution in [2.45, 2.75) is 19.8 Å². The highest BCUT2D eigenvalue weighted by atomic mass is 16.5.